The monoisotopic (exact) mass is 376 g/mol. The predicted octanol–water partition coefficient (Wildman–Crippen LogP) is 1.47. The van der Waals surface area contributed by atoms with Crippen LogP contribution in [0.1, 0.15) is 30.5 Å². The second kappa shape index (κ2) is 10.7. The Morgan fingerprint density at radius 3 is 2.00 bits per heavy atom. The van der Waals surface area contributed by atoms with Gasteiger partial charge in [-0.25, -0.2) is 0 Å². The summed E-state index contributed by atoms with van der Waals surface area (Å²) in [5.74, 6) is -0.587. The third-order valence-corrected chi connectivity index (χ3v) is 4.32. The molecule has 0 saturated carbocycles. The molecule has 0 fully saturated rings. The maximum absolute atomic E-state index is 12.1. The number of anilines is 1. The molecule has 0 saturated heterocycles. The minimum atomic E-state index is -0.294. The summed E-state index contributed by atoms with van der Waals surface area (Å²) in [5, 5.41) is 5.45. The van der Waals surface area contributed by atoms with E-state index < -0.39 is 0 Å². The highest BCUT2D eigenvalue weighted by atomic mass is 16.2. The Kier molecular flexibility index (Phi) is 8.94. The van der Waals surface area contributed by atoms with Gasteiger partial charge in [0, 0.05) is 18.8 Å². The minimum absolute atomic E-state index is 0.0154. The molecular weight excluding hydrogens is 344 g/mol. The van der Waals surface area contributed by atoms with Gasteiger partial charge in [-0.05, 0) is 52.8 Å². The number of amides is 3. The van der Waals surface area contributed by atoms with Crippen LogP contribution < -0.4 is 10.6 Å². The zero-order chi connectivity index (χ0) is 20.6. The summed E-state index contributed by atoms with van der Waals surface area (Å²) in [6.07, 6.45) is 0. The molecule has 7 heteroatoms. The van der Waals surface area contributed by atoms with Gasteiger partial charge in [0.25, 0.3) is 0 Å². The summed E-state index contributed by atoms with van der Waals surface area (Å²) >= 11 is 0. The fourth-order valence-electron chi connectivity index (χ4n) is 3.00. The molecule has 3 amide bonds. The highest BCUT2D eigenvalue weighted by molar-refractivity contribution is 5.96. The standard InChI is InChI=1S/C20H32N4O3/c1-7-24(8-2)19(27)13-23(6)12-18(26)21-11-17(25)22-20-15(4)9-14(3)10-16(20)5/h9-10H,7-8,11-13H2,1-6H3,(H,21,26)(H,22,25). The Morgan fingerprint density at radius 2 is 1.48 bits per heavy atom. The summed E-state index contributed by atoms with van der Waals surface area (Å²) in [5.41, 5.74) is 3.89. The molecule has 0 bridgehead atoms. The fraction of sp³-hybridized carbons (Fsp3) is 0.550. The van der Waals surface area contributed by atoms with E-state index in [0.717, 1.165) is 22.4 Å². The van der Waals surface area contributed by atoms with Crippen LogP contribution in [-0.2, 0) is 14.4 Å². The van der Waals surface area contributed by atoms with E-state index in [9.17, 15) is 14.4 Å². The van der Waals surface area contributed by atoms with Gasteiger partial charge in [0.2, 0.25) is 17.7 Å². The quantitative estimate of drug-likeness (QED) is 0.684. The Balaban J connectivity index is 2.46. The van der Waals surface area contributed by atoms with Gasteiger partial charge in [-0.1, -0.05) is 17.7 Å². The van der Waals surface area contributed by atoms with Crippen molar-refractivity contribution >= 4 is 23.4 Å². The lowest BCUT2D eigenvalue weighted by Crippen LogP contribution is -2.43. The molecule has 0 unspecified atom stereocenters. The molecule has 0 heterocycles. The number of likely N-dealkylation sites (N-methyl/N-ethyl adjacent to an activating group) is 2. The normalized spacial score (nSPS) is 10.6. The topological polar surface area (TPSA) is 81.8 Å². The van der Waals surface area contributed by atoms with E-state index in [0.29, 0.717) is 13.1 Å². The number of hydrogen-bond donors (Lipinski definition) is 2. The first-order valence-electron chi connectivity index (χ1n) is 9.28. The van der Waals surface area contributed by atoms with Gasteiger partial charge in [0.15, 0.2) is 0 Å². The number of nitrogens with one attached hydrogen (secondary N) is 2. The molecule has 0 aliphatic rings. The van der Waals surface area contributed by atoms with Gasteiger partial charge >= 0.3 is 0 Å². The highest BCUT2D eigenvalue weighted by Crippen LogP contribution is 2.21. The van der Waals surface area contributed by atoms with E-state index in [1.165, 1.54) is 0 Å². The van der Waals surface area contributed by atoms with Crippen LogP contribution in [0, 0.1) is 20.8 Å². The number of nitrogens with zero attached hydrogens (tertiary/aromatic N) is 2. The molecule has 0 spiro atoms. The van der Waals surface area contributed by atoms with E-state index in [2.05, 4.69) is 10.6 Å². The smallest absolute Gasteiger partial charge is 0.243 e. The number of hydrogen-bond acceptors (Lipinski definition) is 4. The van der Waals surface area contributed by atoms with Crippen LogP contribution in [0.2, 0.25) is 0 Å². The highest BCUT2D eigenvalue weighted by Gasteiger charge is 2.15. The van der Waals surface area contributed by atoms with Crippen molar-refractivity contribution in [3.8, 4) is 0 Å². The number of carbonyl (C=O) groups excluding carboxylic acids is 3. The molecule has 0 radical (unpaired) electrons. The van der Waals surface area contributed by atoms with Crippen LogP contribution in [0.15, 0.2) is 12.1 Å². The average molecular weight is 377 g/mol. The molecular formula is C20H32N4O3. The molecule has 2 N–H and O–H groups in total. The Morgan fingerprint density at radius 1 is 0.926 bits per heavy atom. The third kappa shape index (κ3) is 7.38. The van der Waals surface area contributed by atoms with E-state index >= 15 is 0 Å². The van der Waals surface area contributed by atoms with Crippen molar-refractivity contribution in [3.63, 3.8) is 0 Å². The second-order valence-corrected chi connectivity index (χ2v) is 6.84. The summed E-state index contributed by atoms with van der Waals surface area (Å²) in [6.45, 7) is 11.1. The molecule has 1 aromatic rings. The van der Waals surface area contributed by atoms with Crippen molar-refractivity contribution in [2.45, 2.75) is 34.6 Å². The van der Waals surface area contributed by atoms with Gasteiger partial charge in [0.05, 0.1) is 19.6 Å². The van der Waals surface area contributed by atoms with Gasteiger partial charge in [0.1, 0.15) is 0 Å². The SMILES string of the molecule is CCN(CC)C(=O)CN(C)CC(=O)NCC(=O)Nc1c(C)cc(C)cc1C. The maximum Gasteiger partial charge on any atom is 0.243 e. The second-order valence-electron chi connectivity index (χ2n) is 6.84. The molecule has 1 aromatic carbocycles. The van der Waals surface area contributed by atoms with Crippen LogP contribution >= 0.6 is 0 Å². The van der Waals surface area contributed by atoms with Crippen LogP contribution in [0.25, 0.3) is 0 Å². The molecule has 1 rings (SSSR count). The van der Waals surface area contributed by atoms with Crippen LogP contribution in [-0.4, -0.2) is 67.3 Å². The number of rotatable bonds is 9. The molecule has 150 valence electrons. The van der Waals surface area contributed by atoms with Gasteiger partial charge in [-0.3, -0.25) is 19.3 Å². The van der Waals surface area contributed by atoms with E-state index in [1.54, 1.807) is 16.8 Å². The third-order valence-electron chi connectivity index (χ3n) is 4.32. The summed E-state index contributed by atoms with van der Waals surface area (Å²) in [6, 6.07) is 4.01. The van der Waals surface area contributed by atoms with Gasteiger partial charge in [-0.15, -0.1) is 0 Å². The van der Waals surface area contributed by atoms with Gasteiger partial charge in [-0.2, -0.15) is 0 Å². The minimum Gasteiger partial charge on any atom is -0.346 e. The number of carbonyl (C=O) groups is 3. The van der Waals surface area contributed by atoms with Crippen molar-refractivity contribution in [3.05, 3.63) is 28.8 Å². The number of aryl methyl sites for hydroxylation is 3. The molecule has 0 atom stereocenters. The largest absolute Gasteiger partial charge is 0.346 e. The van der Waals surface area contributed by atoms with Crippen LogP contribution in [0.3, 0.4) is 0 Å². The predicted molar refractivity (Wildman–Crippen MR) is 108 cm³/mol. The lowest BCUT2D eigenvalue weighted by molar-refractivity contribution is -0.132. The molecule has 0 aromatic heterocycles. The lowest BCUT2D eigenvalue weighted by atomic mass is 10.1. The Labute approximate surface area is 162 Å². The van der Waals surface area contributed by atoms with Gasteiger partial charge < -0.3 is 15.5 Å². The zero-order valence-corrected chi connectivity index (χ0v) is 17.3. The van der Waals surface area contributed by atoms with Crippen LogP contribution in [0.5, 0.6) is 0 Å². The molecule has 27 heavy (non-hydrogen) atoms. The first-order valence-corrected chi connectivity index (χ1v) is 9.28. The Hall–Kier alpha value is -2.41. The van der Waals surface area contributed by atoms with E-state index in [4.69, 9.17) is 0 Å². The fourth-order valence-corrected chi connectivity index (χ4v) is 3.00. The summed E-state index contributed by atoms with van der Waals surface area (Å²) in [4.78, 5) is 39.6. The van der Waals surface area contributed by atoms with Crippen molar-refractivity contribution in [2.24, 2.45) is 0 Å². The van der Waals surface area contributed by atoms with E-state index in [-0.39, 0.29) is 37.4 Å². The van der Waals surface area contributed by atoms with E-state index in [1.807, 2.05) is 46.8 Å². The van der Waals surface area contributed by atoms with Crippen molar-refractivity contribution < 1.29 is 14.4 Å². The summed E-state index contributed by atoms with van der Waals surface area (Å²) in [7, 11) is 1.71. The van der Waals surface area contributed by atoms with Crippen molar-refractivity contribution in [1.29, 1.82) is 0 Å². The maximum atomic E-state index is 12.1. The summed E-state index contributed by atoms with van der Waals surface area (Å²) < 4.78 is 0. The van der Waals surface area contributed by atoms with Crippen molar-refractivity contribution in [1.82, 2.24) is 15.1 Å². The first-order chi connectivity index (χ1) is 12.7. The van der Waals surface area contributed by atoms with Crippen molar-refractivity contribution in [2.75, 3.05) is 45.1 Å². The zero-order valence-electron chi connectivity index (χ0n) is 17.3. The van der Waals surface area contributed by atoms with Crippen LogP contribution in [0.4, 0.5) is 5.69 Å². The average Bonchev–Trinajstić information content (AvgIpc) is 2.57. The number of benzene rings is 1. The molecule has 0 aliphatic carbocycles. The first kappa shape index (κ1) is 22.6. The lowest BCUT2D eigenvalue weighted by Gasteiger charge is -2.22. The molecule has 0 aliphatic heterocycles. The Bertz CT molecular complexity index is 661. The molecule has 7 nitrogen and oxygen atoms in total.